The summed E-state index contributed by atoms with van der Waals surface area (Å²) < 4.78 is 0. The van der Waals surface area contributed by atoms with E-state index in [1.165, 1.54) is 0 Å². The second kappa shape index (κ2) is 2.58. The van der Waals surface area contributed by atoms with E-state index >= 15 is 0 Å². The van der Waals surface area contributed by atoms with Crippen molar-refractivity contribution in [2.45, 2.75) is 19.6 Å². The lowest BCUT2D eigenvalue weighted by Gasteiger charge is -1.97. The zero-order valence-electron chi connectivity index (χ0n) is 4.29. The highest BCUT2D eigenvalue weighted by atomic mass is 35.6. The van der Waals surface area contributed by atoms with E-state index < -0.39 is 7.38 Å². The minimum Gasteiger partial charge on any atom is -0.269 e. The smallest absolute Gasteiger partial charge is 0.147 e. The molecular weight excluding hydrogens is 119 g/mol. The molecule has 0 aliphatic carbocycles. The number of rotatable bonds is 0. The van der Waals surface area contributed by atoms with Crippen molar-refractivity contribution in [3.63, 3.8) is 0 Å². The maximum Gasteiger partial charge on any atom is 0.147 e. The Morgan fingerprint density at radius 2 is 1.17 bits per heavy atom. The third kappa shape index (κ3) is 275. The lowest BCUT2D eigenvalue weighted by atomic mass is 11.8. The minimum absolute atomic E-state index is 0. The Morgan fingerprint density at radius 3 is 1.17 bits per heavy atom. The minimum atomic E-state index is -1.14. The second-order valence-corrected chi connectivity index (χ2v) is 9.60. The van der Waals surface area contributed by atoms with Crippen molar-refractivity contribution in [3.05, 3.63) is 0 Å². The zero-order valence-corrected chi connectivity index (χ0v) is 6.04. The normalized spacial score (nSPS) is 10.0. The van der Waals surface area contributed by atoms with Gasteiger partial charge in [-0.15, -0.1) is 0 Å². The first-order chi connectivity index (χ1) is 2.00. The van der Waals surface area contributed by atoms with Gasteiger partial charge in [-0.3, -0.25) is 4.70 Å². The first-order valence-corrected chi connectivity index (χ1v) is 6.20. The molecule has 0 saturated carbocycles. The van der Waals surface area contributed by atoms with Gasteiger partial charge < -0.3 is 0 Å². The quantitative estimate of drug-likeness (QED) is 0.347. The zero-order chi connectivity index (χ0) is 4.50. The average molecular weight is 129 g/mol. The Kier molecular flexibility index (Phi) is 4.16. The van der Waals surface area contributed by atoms with Gasteiger partial charge in [-0.25, -0.2) is 0 Å². The molecule has 0 fully saturated rings. The predicted octanol–water partition coefficient (Wildman–Crippen LogP) is 2.21. The van der Waals surface area contributed by atoms with Gasteiger partial charge in [0.25, 0.3) is 0 Å². The van der Waals surface area contributed by atoms with Crippen LogP contribution in [0.4, 0.5) is 4.70 Å². The third-order valence-corrected chi connectivity index (χ3v) is 0. The molecule has 3 heteroatoms. The van der Waals surface area contributed by atoms with Gasteiger partial charge in [0.1, 0.15) is 7.38 Å². The first-order valence-electron chi connectivity index (χ1n) is 1.69. The molecule has 0 aromatic carbocycles. The van der Waals surface area contributed by atoms with E-state index in [0.717, 1.165) is 0 Å². The van der Waals surface area contributed by atoms with E-state index in [9.17, 15) is 0 Å². The molecular formula is C3H10ClFSi. The number of hydrogen-bond acceptors (Lipinski definition) is 0. The van der Waals surface area contributed by atoms with Gasteiger partial charge in [0, 0.05) is 0 Å². The monoisotopic (exact) mass is 128 g/mol. The van der Waals surface area contributed by atoms with Crippen molar-refractivity contribution in [3.8, 4) is 0 Å². The molecule has 40 valence electrons. The van der Waals surface area contributed by atoms with Gasteiger partial charge in [-0.2, -0.15) is 11.1 Å². The lowest BCUT2D eigenvalue weighted by molar-refractivity contribution is 1.11. The molecule has 0 radical (unpaired) electrons. The molecule has 0 atom stereocenters. The Morgan fingerprint density at radius 1 is 1.17 bits per heavy atom. The average Bonchev–Trinajstić information content (AvgIpc) is 0.722. The fraction of sp³-hybridized carbons (Fsp3) is 1.00. The van der Waals surface area contributed by atoms with Gasteiger partial charge in [-0.1, -0.05) is 19.6 Å². The molecule has 0 aliphatic heterocycles. The van der Waals surface area contributed by atoms with Crippen LogP contribution in [-0.2, 0) is 0 Å². The lowest BCUT2D eigenvalue weighted by Crippen LogP contribution is -2.06. The molecule has 0 amide bonds. The summed E-state index contributed by atoms with van der Waals surface area (Å²) in [4.78, 5) is 0. The van der Waals surface area contributed by atoms with E-state index in [0.29, 0.717) is 0 Å². The predicted molar refractivity (Wildman–Crippen MR) is 31.7 cm³/mol. The molecule has 0 nitrogen and oxygen atoms in total. The standard InChI is InChI=1S/C3H9ClSi.FH/c1-5(2,3)4;/h1-3H3;1H. The van der Waals surface area contributed by atoms with E-state index in [4.69, 9.17) is 11.1 Å². The molecule has 0 heterocycles. The molecule has 0 aliphatic rings. The van der Waals surface area contributed by atoms with E-state index in [-0.39, 0.29) is 4.70 Å². The van der Waals surface area contributed by atoms with Crippen molar-refractivity contribution >= 4 is 18.5 Å². The maximum atomic E-state index is 5.67. The molecule has 0 N–H and O–H groups in total. The first kappa shape index (κ1) is 9.67. The Bertz CT molecular complexity index is 26.3. The van der Waals surface area contributed by atoms with Gasteiger partial charge in [0.2, 0.25) is 0 Å². The summed E-state index contributed by atoms with van der Waals surface area (Å²) in [6.45, 7) is 6.28. The van der Waals surface area contributed by atoms with Crippen LogP contribution in [0.3, 0.4) is 0 Å². The summed E-state index contributed by atoms with van der Waals surface area (Å²) in [7, 11) is -1.14. The van der Waals surface area contributed by atoms with Gasteiger partial charge in [-0.05, 0) is 0 Å². The Labute approximate surface area is 43.6 Å². The van der Waals surface area contributed by atoms with Crippen LogP contribution < -0.4 is 0 Å². The van der Waals surface area contributed by atoms with E-state index in [2.05, 4.69) is 19.6 Å². The summed E-state index contributed by atoms with van der Waals surface area (Å²) in [5.74, 6) is 0. The Balaban J connectivity index is 0. The van der Waals surface area contributed by atoms with Crippen LogP contribution in [0.25, 0.3) is 0 Å². The molecule has 6 heavy (non-hydrogen) atoms. The molecule has 0 spiro atoms. The van der Waals surface area contributed by atoms with Gasteiger partial charge >= 0.3 is 0 Å². The topological polar surface area (TPSA) is 0 Å². The fourth-order valence-electron chi connectivity index (χ4n) is 0. The third-order valence-electron chi connectivity index (χ3n) is 0. The van der Waals surface area contributed by atoms with E-state index in [1.54, 1.807) is 0 Å². The largest absolute Gasteiger partial charge is 0.269 e. The van der Waals surface area contributed by atoms with Crippen molar-refractivity contribution in [2.75, 3.05) is 0 Å². The van der Waals surface area contributed by atoms with Crippen LogP contribution in [0.5, 0.6) is 0 Å². The summed E-state index contributed by atoms with van der Waals surface area (Å²) in [5, 5.41) is 0. The van der Waals surface area contributed by atoms with Crippen LogP contribution in [0.1, 0.15) is 0 Å². The number of hydrogen-bond donors (Lipinski definition) is 0. The molecule has 0 bridgehead atoms. The van der Waals surface area contributed by atoms with Crippen LogP contribution >= 0.6 is 11.1 Å². The van der Waals surface area contributed by atoms with Crippen LogP contribution in [0.2, 0.25) is 19.6 Å². The molecule has 0 aromatic heterocycles. The van der Waals surface area contributed by atoms with Crippen LogP contribution in [0, 0.1) is 0 Å². The summed E-state index contributed by atoms with van der Waals surface area (Å²) in [6.07, 6.45) is 0. The summed E-state index contributed by atoms with van der Waals surface area (Å²) in [5.41, 5.74) is 0. The highest BCUT2D eigenvalue weighted by Crippen LogP contribution is 2.03. The van der Waals surface area contributed by atoms with Crippen molar-refractivity contribution < 1.29 is 4.70 Å². The van der Waals surface area contributed by atoms with E-state index in [1.807, 2.05) is 0 Å². The number of halogens is 2. The summed E-state index contributed by atoms with van der Waals surface area (Å²) >= 11 is 5.67. The maximum absolute atomic E-state index is 5.67. The highest BCUT2D eigenvalue weighted by molar-refractivity contribution is 7.18. The Hall–Kier alpha value is 0.437. The van der Waals surface area contributed by atoms with Gasteiger partial charge in [0.15, 0.2) is 0 Å². The van der Waals surface area contributed by atoms with Gasteiger partial charge in [0.05, 0.1) is 0 Å². The van der Waals surface area contributed by atoms with Crippen LogP contribution in [-0.4, -0.2) is 7.38 Å². The van der Waals surface area contributed by atoms with Crippen molar-refractivity contribution in [1.82, 2.24) is 0 Å². The molecule has 0 aromatic rings. The second-order valence-electron chi connectivity index (χ2n) is 2.07. The SMILES string of the molecule is C[Si](C)(C)Cl.F. The molecule has 0 unspecified atom stereocenters. The summed E-state index contributed by atoms with van der Waals surface area (Å²) in [6, 6.07) is 0. The van der Waals surface area contributed by atoms with Crippen molar-refractivity contribution in [2.24, 2.45) is 0 Å². The molecule has 0 rings (SSSR count). The van der Waals surface area contributed by atoms with Crippen molar-refractivity contribution in [1.29, 1.82) is 0 Å². The van der Waals surface area contributed by atoms with Crippen LogP contribution in [0.15, 0.2) is 0 Å². The fourth-order valence-corrected chi connectivity index (χ4v) is 0. The molecule has 0 saturated heterocycles. The highest BCUT2D eigenvalue weighted by Gasteiger charge is 2.04.